The molecule has 36 valence electrons. The Morgan fingerprint density at radius 1 is 1.83 bits per heavy atom. The minimum absolute atomic E-state index is 0.184. The summed E-state index contributed by atoms with van der Waals surface area (Å²) in [5.74, 6) is 0.184. The first kappa shape index (κ1) is 6.60. The molecule has 4 heteroatoms. The molecule has 0 aliphatic heterocycles. The SMILES string of the molecule is O=C(Cl)CSCl. The molecule has 0 aromatic rings. The van der Waals surface area contributed by atoms with Crippen LogP contribution in [0.5, 0.6) is 0 Å². The Kier molecular flexibility index (Phi) is 4.16. The van der Waals surface area contributed by atoms with Crippen molar-refractivity contribution in [3.63, 3.8) is 0 Å². The zero-order valence-corrected chi connectivity index (χ0v) is 5.11. The largest absolute Gasteiger partial charge is 0.280 e. The summed E-state index contributed by atoms with van der Waals surface area (Å²) in [6.45, 7) is 0. The van der Waals surface area contributed by atoms with E-state index < -0.39 is 5.24 Å². The Morgan fingerprint density at radius 2 is 2.33 bits per heavy atom. The van der Waals surface area contributed by atoms with E-state index in [0.29, 0.717) is 0 Å². The van der Waals surface area contributed by atoms with E-state index >= 15 is 0 Å². The van der Waals surface area contributed by atoms with Crippen molar-refractivity contribution in [1.82, 2.24) is 0 Å². The lowest BCUT2D eigenvalue weighted by Crippen LogP contribution is -1.84. The van der Waals surface area contributed by atoms with Crippen LogP contribution in [0, 0.1) is 0 Å². The summed E-state index contributed by atoms with van der Waals surface area (Å²) in [5, 5.41) is -0.407. The first-order valence-electron chi connectivity index (χ1n) is 1.19. The van der Waals surface area contributed by atoms with Crippen LogP contribution in [0.3, 0.4) is 0 Å². The van der Waals surface area contributed by atoms with E-state index in [-0.39, 0.29) is 5.75 Å². The third kappa shape index (κ3) is 4.60. The third-order valence-corrected chi connectivity index (χ3v) is 1.16. The maximum atomic E-state index is 9.70. The average Bonchev–Trinajstić information content (AvgIpc) is 1.35. The van der Waals surface area contributed by atoms with Gasteiger partial charge >= 0.3 is 0 Å². The van der Waals surface area contributed by atoms with Gasteiger partial charge in [0.2, 0.25) is 5.24 Å². The normalized spacial score (nSPS) is 8.33. The third-order valence-electron chi connectivity index (χ3n) is 0.168. The van der Waals surface area contributed by atoms with E-state index in [0.717, 1.165) is 11.0 Å². The summed E-state index contributed by atoms with van der Waals surface area (Å²) in [4.78, 5) is 9.70. The molecule has 0 bridgehead atoms. The van der Waals surface area contributed by atoms with Gasteiger partial charge in [-0.05, 0) is 33.3 Å². The standard InChI is InChI=1S/C2H2Cl2OS/c3-2(5)1-6-4/h1H2. The van der Waals surface area contributed by atoms with Crippen molar-refractivity contribution in [1.29, 1.82) is 0 Å². The van der Waals surface area contributed by atoms with Crippen molar-refractivity contribution in [3.05, 3.63) is 0 Å². The van der Waals surface area contributed by atoms with Crippen LogP contribution in [0.2, 0.25) is 0 Å². The molecule has 0 atom stereocenters. The topological polar surface area (TPSA) is 17.1 Å². The van der Waals surface area contributed by atoms with Gasteiger partial charge in [-0.25, -0.2) is 0 Å². The molecule has 0 aromatic heterocycles. The van der Waals surface area contributed by atoms with Gasteiger partial charge in [-0.3, -0.25) is 4.79 Å². The molecule has 0 saturated carbocycles. The lowest BCUT2D eigenvalue weighted by Gasteiger charge is -1.75. The van der Waals surface area contributed by atoms with Crippen molar-refractivity contribution in [2.24, 2.45) is 0 Å². The number of halogens is 2. The Labute approximate surface area is 49.5 Å². The minimum Gasteiger partial charge on any atom is -0.280 e. The monoisotopic (exact) mass is 144 g/mol. The van der Waals surface area contributed by atoms with Gasteiger partial charge in [-0.1, -0.05) is 0 Å². The Bertz CT molecular complexity index is 55.5. The Morgan fingerprint density at radius 3 is 2.33 bits per heavy atom. The lowest BCUT2D eigenvalue weighted by molar-refractivity contribution is -0.109. The molecule has 0 aromatic carbocycles. The molecule has 6 heavy (non-hydrogen) atoms. The Hall–Kier alpha value is 0.600. The summed E-state index contributed by atoms with van der Waals surface area (Å²) < 4.78 is 0. The maximum Gasteiger partial charge on any atom is 0.232 e. The summed E-state index contributed by atoms with van der Waals surface area (Å²) >= 11 is 4.83. The smallest absolute Gasteiger partial charge is 0.232 e. The fourth-order valence-electron chi connectivity index (χ4n) is 0.0429. The Balaban J connectivity index is 2.83. The second-order valence-electron chi connectivity index (χ2n) is 0.609. The van der Waals surface area contributed by atoms with Crippen LogP contribution in [0.4, 0.5) is 0 Å². The van der Waals surface area contributed by atoms with Crippen LogP contribution in [0.1, 0.15) is 0 Å². The highest BCUT2D eigenvalue weighted by molar-refractivity contribution is 8.21. The van der Waals surface area contributed by atoms with Gasteiger partial charge in [0, 0.05) is 0 Å². The number of carbonyl (C=O) groups is 1. The molecule has 0 rings (SSSR count). The van der Waals surface area contributed by atoms with Crippen molar-refractivity contribution >= 4 is 38.5 Å². The molecular formula is C2H2Cl2OS. The number of hydrogen-bond donors (Lipinski definition) is 0. The van der Waals surface area contributed by atoms with Crippen LogP contribution in [-0.4, -0.2) is 11.0 Å². The van der Waals surface area contributed by atoms with E-state index in [9.17, 15) is 4.79 Å². The number of rotatable bonds is 2. The van der Waals surface area contributed by atoms with Gasteiger partial charge in [-0.15, -0.1) is 0 Å². The molecule has 0 fully saturated rings. The van der Waals surface area contributed by atoms with Crippen LogP contribution >= 0.6 is 33.3 Å². The van der Waals surface area contributed by atoms with Crippen LogP contribution < -0.4 is 0 Å². The second kappa shape index (κ2) is 3.78. The quantitative estimate of drug-likeness (QED) is 0.549. The first-order valence-corrected chi connectivity index (χ1v) is 3.38. The number of carbonyl (C=O) groups excluding carboxylic acids is 1. The summed E-state index contributed by atoms with van der Waals surface area (Å²) in [6, 6.07) is 0. The van der Waals surface area contributed by atoms with Gasteiger partial charge in [-0.2, -0.15) is 0 Å². The van der Waals surface area contributed by atoms with Crippen LogP contribution in [0.15, 0.2) is 0 Å². The summed E-state index contributed by atoms with van der Waals surface area (Å²) in [6.07, 6.45) is 0. The van der Waals surface area contributed by atoms with E-state index in [4.69, 9.17) is 22.3 Å². The summed E-state index contributed by atoms with van der Waals surface area (Å²) in [5.41, 5.74) is 0. The zero-order chi connectivity index (χ0) is 4.99. The van der Waals surface area contributed by atoms with E-state index in [1.165, 1.54) is 0 Å². The molecule has 0 N–H and O–H groups in total. The first-order chi connectivity index (χ1) is 2.77. The molecule has 0 radical (unpaired) electrons. The average molecular weight is 145 g/mol. The highest BCUT2D eigenvalue weighted by Gasteiger charge is 1.89. The van der Waals surface area contributed by atoms with Crippen molar-refractivity contribution in [2.45, 2.75) is 0 Å². The second-order valence-corrected chi connectivity index (χ2v) is 2.19. The predicted molar refractivity (Wildman–Crippen MR) is 29.2 cm³/mol. The van der Waals surface area contributed by atoms with Gasteiger partial charge in [0.25, 0.3) is 0 Å². The lowest BCUT2D eigenvalue weighted by atomic mass is 10.9. The van der Waals surface area contributed by atoms with Crippen LogP contribution in [0.25, 0.3) is 0 Å². The fraction of sp³-hybridized carbons (Fsp3) is 0.500. The number of hydrogen-bond acceptors (Lipinski definition) is 2. The van der Waals surface area contributed by atoms with E-state index in [1.54, 1.807) is 0 Å². The van der Waals surface area contributed by atoms with Gasteiger partial charge in [0.15, 0.2) is 0 Å². The van der Waals surface area contributed by atoms with Crippen molar-refractivity contribution in [3.8, 4) is 0 Å². The predicted octanol–water partition coefficient (Wildman–Crippen LogP) is 1.64. The van der Waals surface area contributed by atoms with Gasteiger partial charge in [0.1, 0.15) is 0 Å². The molecule has 1 nitrogen and oxygen atoms in total. The van der Waals surface area contributed by atoms with Gasteiger partial charge < -0.3 is 0 Å². The molecule has 0 amide bonds. The van der Waals surface area contributed by atoms with E-state index in [1.807, 2.05) is 0 Å². The maximum absolute atomic E-state index is 9.70. The molecular weight excluding hydrogens is 143 g/mol. The van der Waals surface area contributed by atoms with Crippen molar-refractivity contribution < 1.29 is 4.79 Å². The molecule has 0 spiro atoms. The molecule has 0 saturated heterocycles. The molecule has 0 aliphatic carbocycles. The highest BCUT2D eigenvalue weighted by atomic mass is 35.7. The summed E-state index contributed by atoms with van der Waals surface area (Å²) in [7, 11) is 5.91. The molecule has 0 aliphatic rings. The minimum atomic E-state index is -0.407. The van der Waals surface area contributed by atoms with Crippen molar-refractivity contribution in [2.75, 3.05) is 5.75 Å². The fourth-order valence-corrected chi connectivity index (χ4v) is 0.757. The van der Waals surface area contributed by atoms with Gasteiger partial charge in [0.05, 0.1) is 5.75 Å². The van der Waals surface area contributed by atoms with Crippen LogP contribution in [-0.2, 0) is 4.79 Å². The highest BCUT2D eigenvalue weighted by Crippen LogP contribution is 2.05. The molecule has 0 heterocycles. The zero-order valence-electron chi connectivity index (χ0n) is 2.78. The van der Waals surface area contributed by atoms with E-state index in [2.05, 4.69) is 0 Å². The molecule has 0 unspecified atom stereocenters.